The molecule has 0 radical (unpaired) electrons. The zero-order valence-electron chi connectivity index (χ0n) is 1.64. The second-order valence-corrected chi connectivity index (χ2v) is 5.01. The van der Waals surface area contributed by atoms with E-state index in [1.165, 1.54) is 0 Å². The van der Waals surface area contributed by atoms with Crippen LogP contribution in [0.2, 0.25) is 0 Å². The van der Waals surface area contributed by atoms with Crippen molar-refractivity contribution in [1.82, 2.24) is 0 Å². The van der Waals surface area contributed by atoms with Crippen molar-refractivity contribution in [1.29, 1.82) is 0 Å². The van der Waals surface area contributed by atoms with Crippen molar-refractivity contribution in [2.24, 2.45) is 0 Å². The quantitative estimate of drug-likeness (QED) is 0.383. The van der Waals surface area contributed by atoms with Crippen LogP contribution in [0.25, 0.3) is 0 Å². The van der Waals surface area contributed by atoms with Gasteiger partial charge in [-0.1, -0.05) is 0 Å². The van der Waals surface area contributed by atoms with E-state index in [4.69, 9.17) is 11.2 Å². The summed E-state index contributed by atoms with van der Waals surface area (Å²) in [6.07, 6.45) is 0. The Morgan fingerprint density at radius 3 is 2.00 bits per heavy atom. The van der Waals surface area contributed by atoms with E-state index >= 15 is 0 Å². The SMILES string of the molecule is O=[P+](Cl)[Se-]. The Morgan fingerprint density at radius 2 is 2.00 bits per heavy atom. The van der Waals surface area contributed by atoms with Crippen LogP contribution in [0, 0.1) is 0 Å². The molecular formula is ClOPSe. The molecule has 0 saturated heterocycles. The molecule has 0 amide bonds. The van der Waals surface area contributed by atoms with E-state index in [2.05, 4.69) is 15.6 Å². The van der Waals surface area contributed by atoms with Crippen LogP contribution in [-0.2, 0) is 4.57 Å². The summed E-state index contributed by atoms with van der Waals surface area (Å²) in [6.45, 7) is 0. The van der Waals surface area contributed by atoms with Gasteiger partial charge in [0, 0.05) is 0 Å². The third kappa shape index (κ3) is 12.8. The molecule has 0 aliphatic carbocycles. The van der Waals surface area contributed by atoms with Crippen LogP contribution in [0.1, 0.15) is 0 Å². The van der Waals surface area contributed by atoms with Crippen molar-refractivity contribution in [3.05, 3.63) is 0 Å². The topological polar surface area (TPSA) is 17.1 Å². The van der Waals surface area contributed by atoms with E-state index < -0.39 is 5.84 Å². The molecule has 0 aromatic heterocycles. The number of hydrogen-bond donors (Lipinski definition) is 0. The molecule has 1 nitrogen and oxygen atoms in total. The fourth-order valence-corrected chi connectivity index (χ4v) is 0. The Bertz CT molecular complexity index is 31.0. The van der Waals surface area contributed by atoms with E-state index in [9.17, 15) is 4.57 Å². The Morgan fingerprint density at radius 1 is 2.00 bits per heavy atom. The van der Waals surface area contributed by atoms with Crippen LogP contribution >= 0.6 is 17.1 Å². The summed E-state index contributed by atoms with van der Waals surface area (Å²) in [6, 6.07) is 0. The van der Waals surface area contributed by atoms with Gasteiger partial charge in [0.15, 0.2) is 0 Å². The molecule has 4 heavy (non-hydrogen) atoms. The fraction of sp³-hybridized carbons (Fsp3) is 0. The zero-order chi connectivity index (χ0) is 3.58. The van der Waals surface area contributed by atoms with E-state index in [0.29, 0.717) is 0 Å². The first-order chi connectivity index (χ1) is 1.73. The van der Waals surface area contributed by atoms with Gasteiger partial charge in [0.25, 0.3) is 0 Å². The molecule has 0 aromatic rings. The number of hydrogen-bond acceptors (Lipinski definition) is 1. The van der Waals surface area contributed by atoms with Gasteiger partial charge in [-0.05, 0) is 0 Å². The first-order valence-electron chi connectivity index (χ1n) is 0.534. The summed E-state index contributed by atoms with van der Waals surface area (Å²) in [5.74, 6) is -1.52. The third-order valence-electron chi connectivity index (χ3n) is 0. The first kappa shape index (κ1) is 4.91. The molecule has 1 atom stereocenters. The summed E-state index contributed by atoms with van der Waals surface area (Å²) >= 11 is 6.91. The minimum absolute atomic E-state index is 1.52. The van der Waals surface area contributed by atoms with Crippen LogP contribution in [-0.4, -0.2) is 15.6 Å². The average Bonchev–Trinajstić information content (AvgIpc) is 0.811. The molecule has 0 bridgehead atoms. The molecule has 0 fully saturated rings. The minimum atomic E-state index is -1.52. The van der Waals surface area contributed by atoms with Crippen molar-refractivity contribution in [2.75, 3.05) is 0 Å². The molecule has 24 valence electrons. The molecule has 0 aliphatic heterocycles. The molecule has 4 heteroatoms. The van der Waals surface area contributed by atoms with Crippen LogP contribution in [0.3, 0.4) is 0 Å². The van der Waals surface area contributed by atoms with Crippen molar-refractivity contribution < 1.29 is 4.57 Å². The molecule has 0 aromatic carbocycles. The third-order valence-corrected chi connectivity index (χ3v) is 0. The van der Waals surface area contributed by atoms with Gasteiger partial charge >= 0.3 is 37.2 Å². The summed E-state index contributed by atoms with van der Waals surface area (Å²) in [4.78, 5) is 0. The Labute approximate surface area is 37.7 Å². The molecule has 0 saturated carbocycles. The van der Waals surface area contributed by atoms with Gasteiger partial charge in [0.2, 0.25) is 0 Å². The van der Waals surface area contributed by atoms with Gasteiger partial charge in [-0.25, -0.2) is 0 Å². The van der Waals surface area contributed by atoms with Crippen molar-refractivity contribution in [3.8, 4) is 0 Å². The van der Waals surface area contributed by atoms with Gasteiger partial charge in [0.1, 0.15) is 0 Å². The van der Waals surface area contributed by atoms with Gasteiger partial charge in [-0.15, -0.1) is 0 Å². The predicted octanol–water partition coefficient (Wildman–Crippen LogP) is 1.05. The zero-order valence-corrected chi connectivity index (χ0v) is 5.01. The molecule has 0 rings (SSSR count). The standard InChI is InChI=1S/ClOPSe/c1-3(2)4. The molecule has 0 spiro atoms. The summed E-state index contributed by atoms with van der Waals surface area (Å²) < 4.78 is 9.30. The predicted molar refractivity (Wildman–Crippen MR) is 19.2 cm³/mol. The molecule has 1 unspecified atom stereocenters. The average molecular weight is 161 g/mol. The molecule has 0 aliphatic rings. The number of rotatable bonds is 0. The van der Waals surface area contributed by atoms with Gasteiger partial charge in [-0.3, -0.25) is 0 Å². The monoisotopic (exact) mass is 162 g/mol. The normalized spacial score (nSPS) is 11.0. The Kier molecular flexibility index (Phi) is 2.66. The van der Waals surface area contributed by atoms with Crippen molar-refractivity contribution >= 4 is 32.7 Å². The van der Waals surface area contributed by atoms with E-state index in [1.54, 1.807) is 0 Å². The van der Waals surface area contributed by atoms with Crippen LogP contribution < -0.4 is 0 Å². The maximum atomic E-state index is 9.30. The fourth-order valence-electron chi connectivity index (χ4n) is 0. The summed E-state index contributed by atoms with van der Waals surface area (Å²) in [5, 5.41) is 0. The molecule has 0 heterocycles. The second kappa shape index (κ2) is 2.17. The first-order valence-corrected chi connectivity index (χ1v) is 4.92. The maximum absolute atomic E-state index is 9.30. The van der Waals surface area contributed by atoms with E-state index in [-0.39, 0.29) is 0 Å². The molecule has 0 N–H and O–H groups in total. The number of halogens is 1. The van der Waals surface area contributed by atoms with Gasteiger partial charge in [-0.2, -0.15) is 0 Å². The second-order valence-electron chi connectivity index (χ2n) is 0.213. The van der Waals surface area contributed by atoms with Gasteiger partial charge in [0.05, 0.1) is 0 Å². The van der Waals surface area contributed by atoms with E-state index in [1.807, 2.05) is 0 Å². The van der Waals surface area contributed by atoms with Crippen LogP contribution in [0.15, 0.2) is 0 Å². The van der Waals surface area contributed by atoms with Gasteiger partial charge < -0.3 is 0 Å². The summed E-state index contributed by atoms with van der Waals surface area (Å²) in [7, 11) is 0. The van der Waals surface area contributed by atoms with E-state index in [0.717, 1.165) is 0 Å². The molecular weight excluding hydrogens is 161 g/mol. The van der Waals surface area contributed by atoms with Crippen molar-refractivity contribution in [3.63, 3.8) is 0 Å². The Hall–Kier alpha value is 0.909. The summed E-state index contributed by atoms with van der Waals surface area (Å²) in [5.41, 5.74) is 0. The van der Waals surface area contributed by atoms with Crippen LogP contribution in [0.4, 0.5) is 0 Å². The van der Waals surface area contributed by atoms with Crippen molar-refractivity contribution in [2.45, 2.75) is 0 Å². The Balaban J connectivity index is 2.80. The van der Waals surface area contributed by atoms with Crippen LogP contribution in [0.5, 0.6) is 0 Å².